The summed E-state index contributed by atoms with van der Waals surface area (Å²) in [5, 5.41) is 9.96. The number of carbonyl (C=O) groups excluding carboxylic acids is 1. The van der Waals surface area contributed by atoms with E-state index in [-0.39, 0.29) is 12.3 Å². The van der Waals surface area contributed by atoms with Crippen LogP contribution in [0.1, 0.15) is 53.7 Å². The lowest BCUT2D eigenvalue weighted by Gasteiger charge is -2.11. The normalized spacial score (nSPS) is 14.3. The van der Waals surface area contributed by atoms with Crippen molar-refractivity contribution < 1.29 is 19.4 Å². The highest BCUT2D eigenvalue weighted by Gasteiger charge is 2.18. The molecule has 4 rings (SSSR count). The van der Waals surface area contributed by atoms with E-state index in [9.17, 15) is 9.59 Å². The van der Waals surface area contributed by atoms with Crippen LogP contribution < -0.4 is 4.74 Å². The van der Waals surface area contributed by atoms with Crippen molar-refractivity contribution in [1.82, 2.24) is 4.57 Å². The molecule has 0 saturated heterocycles. The van der Waals surface area contributed by atoms with Crippen LogP contribution in [0, 0.1) is 12.8 Å². The lowest BCUT2D eigenvalue weighted by molar-refractivity contribution is -0.136. The molecule has 0 atom stereocenters. The highest BCUT2D eigenvalue weighted by Crippen LogP contribution is 2.28. The maximum Gasteiger partial charge on any atom is 0.307 e. The maximum absolute atomic E-state index is 13.2. The molecule has 1 heterocycles. The van der Waals surface area contributed by atoms with Crippen LogP contribution in [-0.2, 0) is 11.2 Å². The predicted molar refractivity (Wildman–Crippen MR) is 116 cm³/mol. The number of carboxylic acid groups (broad SMARTS) is 1. The number of carboxylic acids is 1. The Morgan fingerprint density at radius 1 is 1.10 bits per heavy atom. The molecule has 3 aromatic rings. The zero-order valence-electron chi connectivity index (χ0n) is 17.3. The average molecular weight is 405 g/mol. The number of nitrogens with zero attached hydrogens (tertiary/aromatic N) is 1. The Kier molecular flexibility index (Phi) is 5.88. The zero-order valence-corrected chi connectivity index (χ0v) is 17.3. The van der Waals surface area contributed by atoms with Gasteiger partial charge in [0.2, 0.25) is 0 Å². The molecule has 30 heavy (non-hydrogen) atoms. The van der Waals surface area contributed by atoms with Gasteiger partial charge in [0.25, 0.3) is 5.91 Å². The summed E-state index contributed by atoms with van der Waals surface area (Å²) in [4.78, 5) is 24.3. The van der Waals surface area contributed by atoms with Crippen LogP contribution in [0.3, 0.4) is 0 Å². The van der Waals surface area contributed by atoms with Crippen molar-refractivity contribution in [3.8, 4) is 5.75 Å². The van der Waals surface area contributed by atoms with Crippen LogP contribution in [0.5, 0.6) is 5.75 Å². The second-order valence-corrected chi connectivity index (χ2v) is 8.16. The molecule has 5 nitrogen and oxygen atoms in total. The van der Waals surface area contributed by atoms with Crippen LogP contribution in [-0.4, -0.2) is 28.2 Å². The number of aromatic nitrogens is 1. The molecule has 0 radical (unpaired) electrons. The largest absolute Gasteiger partial charge is 0.494 e. The number of rotatable bonds is 7. The minimum absolute atomic E-state index is 0.0676. The Labute approximate surface area is 176 Å². The molecule has 1 fully saturated rings. The third-order valence-electron chi connectivity index (χ3n) is 6.04. The summed E-state index contributed by atoms with van der Waals surface area (Å²) in [7, 11) is 0. The van der Waals surface area contributed by atoms with E-state index < -0.39 is 5.97 Å². The van der Waals surface area contributed by atoms with Gasteiger partial charge in [0.15, 0.2) is 0 Å². The van der Waals surface area contributed by atoms with Crippen molar-refractivity contribution in [2.45, 2.75) is 45.4 Å². The maximum atomic E-state index is 13.2. The molecule has 156 valence electrons. The fourth-order valence-electron chi connectivity index (χ4n) is 4.48. The topological polar surface area (TPSA) is 68.5 Å². The third kappa shape index (κ3) is 4.25. The fourth-order valence-corrected chi connectivity index (χ4v) is 4.48. The first-order chi connectivity index (χ1) is 14.5. The van der Waals surface area contributed by atoms with Gasteiger partial charge < -0.3 is 9.84 Å². The van der Waals surface area contributed by atoms with Gasteiger partial charge in [-0.15, -0.1) is 0 Å². The van der Waals surface area contributed by atoms with Gasteiger partial charge in [-0.3, -0.25) is 14.2 Å². The van der Waals surface area contributed by atoms with Gasteiger partial charge in [-0.2, -0.15) is 0 Å². The van der Waals surface area contributed by atoms with E-state index >= 15 is 0 Å². The monoisotopic (exact) mass is 405 g/mol. The van der Waals surface area contributed by atoms with Crippen LogP contribution in [0.2, 0.25) is 0 Å². The number of hydrogen-bond donors (Lipinski definition) is 1. The van der Waals surface area contributed by atoms with E-state index in [2.05, 4.69) is 0 Å². The minimum Gasteiger partial charge on any atom is -0.494 e. The van der Waals surface area contributed by atoms with Gasteiger partial charge >= 0.3 is 5.97 Å². The number of aryl methyl sites for hydroxylation is 1. The summed E-state index contributed by atoms with van der Waals surface area (Å²) >= 11 is 0. The molecule has 2 aromatic carbocycles. The van der Waals surface area contributed by atoms with Crippen molar-refractivity contribution in [3.05, 3.63) is 65.4 Å². The van der Waals surface area contributed by atoms with Crippen LogP contribution in [0.15, 0.2) is 48.5 Å². The van der Waals surface area contributed by atoms with Crippen molar-refractivity contribution in [2.24, 2.45) is 5.92 Å². The summed E-state index contributed by atoms with van der Waals surface area (Å²) in [6.07, 6.45) is 6.33. The Balaban J connectivity index is 1.50. The number of fused-ring (bicyclic) bond motifs is 1. The van der Waals surface area contributed by atoms with Crippen molar-refractivity contribution >= 4 is 22.8 Å². The number of ether oxygens (including phenoxy) is 1. The molecular formula is C25H27NO4. The van der Waals surface area contributed by atoms with E-state index in [1.807, 2.05) is 31.2 Å². The van der Waals surface area contributed by atoms with Gasteiger partial charge in [0.1, 0.15) is 5.75 Å². The molecule has 0 unspecified atom stereocenters. The summed E-state index contributed by atoms with van der Waals surface area (Å²) in [6, 6.07) is 14.6. The van der Waals surface area contributed by atoms with Gasteiger partial charge in [-0.25, -0.2) is 0 Å². The second-order valence-electron chi connectivity index (χ2n) is 8.16. The van der Waals surface area contributed by atoms with Crippen LogP contribution in [0.4, 0.5) is 0 Å². The quantitative estimate of drug-likeness (QED) is 0.585. The van der Waals surface area contributed by atoms with Crippen molar-refractivity contribution in [1.29, 1.82) is 0 Å². The van der Waals surface area contributed by atoms with E-state index in [0.29, 0.717) is 17.7 Å². The molecule has 1 N–H and O–H groups in total. The summed E-state index contributed by atoms with van der Waals surface area (Å²) < 4.78 is 7.52. The Bertz CT molecular complexity index is 1060. The van der Waals surface area contributed by atoms with Crippen LogP contribution in [0.25, 0.3) is 10.9 Å². The fraction of sp³-hybridized carbons (Fsp3) is 0.360. The number of aliphatic carboxylic acids is 1. The molecular weight excluding hydrogens is 378 g/mol. The second kappa shape index (κ2) is 8.74. The van der Waals surface area contributed by atoms with Crippen LogP contribution >= 0.6 is 0 Å². The van der Waals surface area contributed by atoms with E-state index in [1.54, 1.807) is 28.8 Å². The molecule has 0 amide bonds. The number of hydrogen-bond acceptors (Lipinski definition) is 3. The van der Waals surface area contributed by atoms with E-state index in [1.165, 1.54) is 25.7 Å². The summed E-state index contributed by atoms with van der Waals surface area (Å²) in [5.74, 6) is 0.555. The number of carbonyl (C=O) groups is 2. The first-order valence-corrected chi connectivity index (χ1v) is 10.6. The highest BCUT2D eigenvalue weighted by molar-refractivity contribution is 6.04. The zero-order chi connectivity index (χ0) is 21.1. The number of benzene rings is 2. The Hall–Kier alpha value is -3.08. The Morgan fingerprint density at radius 3 is 2.53 bits per heavy atom. The van der Waals surface area contributed by atoms with Crippen molar-refractivity contribution in [3.63, 3.8) is 0 Å². The molecule has 1 aliphatic rings. The molecule has 1 saturated carbocycles. The van der Waals surface area contributed by atoms with Gasteiger partial charge in [0.05, 0.1) is 18.5 Å². The standard InChI is InChI=1S/C25H27NO4/c1-17-15-22-20(16-24(27)28)7-4-8-23(22)26(17)25(29)19-9-11-21(12-10-19)30-14-13-18-5-2-3-6-18/h4,7-12,15,18H,2-3,5-6,13-14,16H2,1H3,(H,27,28). The molecule has 0 bridgehead atoms. The third-order valence-corrected chi connectivity index (χ3v) is 6.04. The predicted octanol–water partition coefficient (Wildman–Crippen LogP) is 5.22. The smallest absolute Gasteiger partial charge is 0.307 e. The molecule has 0 spiro atoms. The van der Waals surface area contributed by atoms with E-state index in [0.717, 1.165) is 34.7 Å². The lowest BCUT2D eigenvalue weighted by Crippen LogP contribution is -2.13. The minimum atomic E-state index is -0.886. The molecule has 5 heteroatoms. The SMILES string of the molecule is Cc1cc2c(CC(=O)O)cccc2n1C(=O)c1ccc(OCCC2CCCC2)cc1. The summed E-state index contributed by atoms with van der Waals surface area (Å²) in [6.45, 7) is 2.58. The molecule has 1 aromatic heterocycles. The molecule has 1 aliphatic carbocycles. The first-order valence-electron chi connectivity index (χ1n) is 10.6. The lowest BCUT2D eigenvalue weighted by atomic mass is 10.1. The first kappa shape index (κ1) is 20.2. The Morgan fingerprint density at radius 2 is 1.83 bits per heavy atom. The summed E-state index contributed by atoms with van der Waals surface area (Å²) in [5.41, 5.74) is 2.79. The highest BCUT2D eigenvalue weighted by atomic mass is 16.5. The van der Waals surface area contributed by atoms with E-state index in [4.69, 9.17) is 9.84 Å². The average Bonchev–Trinajstić information content (AvgIpc) is 3.35. The van der Waals surface area contributed by atoms with Crippen molar-refractivity contribution in [2.75, 3.05) is 6.61 Å². The van der Waals surface area contributed by atoms with Gasteiger partial charge in [-0.1, -0.05) is 37.8 Å². The molecule has 0 aliphatic heterocycles. The van der Waals surface area contributed by atoms with Gasteiger partial charge in [0, 0.05) is 16.6 Å². The van der Waals surface area contributed by atoms with Gasteiger partial charge in [-0.05, 0) is 61.2 Å².